The average Bonchev–Trinajstić information content (AvgIpc) is 2.95. The molecule has 126 valence electrons. The monoisotopic (exact) mass is 362 g/mol. The Bertz CT molecular complexity index is 858. The van der Waals surface area contributed by atoms with E-state index in [1.807, 2.05) is 24.3 Å². The maximum absolute atomic E-state index is 6.43. The molecule has 2 aromatic carbocycles. The van der Waals surface area contributed by atoms with Crippen molar-refractivity contribution in [3.05, 3.63) is 52.0 Å². The Kier molecular flexibility index (Phi) is 5.34. The van der Waals surface area contributed by atoms with Crippen LogP contribution in [0.1, 0.15) is 18.4 Å². The van der Waals surface area contributed by atoms with Crippen molar-refractivity contribution in [2.24, 2.45) is 5.73 Å². The molecule has 0 saturated heterocycles. The van der Waals surface area contributed by atoms with Gasteiger partial charge in [0, 0.05) is 26.5 Å². The smallest absolute Gasteiger partial charge is 0.119 e. The van der Waals surface area contributed by atoms with Crippen LogP contribution >= 0.6 is 23.2 Å². The average molecular weight is 363 g/mol. The number of rotatable bonds is 6. The normalized spacial score (nSPS) is 11.2. The van der Waals surface area contributed by atoms with Crippen molar-refractivity contribution in [1.82, 2.24) is 4.98 Å². The Labute approximate surface area is 151 Å². The maximum atomic E-state index is 6.43. The number of hydrogen-bond acceptors (Lipinski definition) is 2. The van der Waals surface area contributed by atoms with Crippen LogP contribution in [0, 0.1) is 0 Å². The van der Waals surface area contributed by atoms with Crippen LogP contribution < -0.4 is 10.5 Å². The molecular weight excluding hydrogens is 343 g/mol. The van der Waals surface area contributed by atoms with Gasteiger partial charge in [-0.15, -0.1) is 0 Å². The number of methoxy groups -OCH3 is 1. The van der Waals surface area contributed by atoms with E-state index in [0.29, 0.717) is 16.6 Å². The third-order valence-corrected chi connectivity index (χ3v) is 4.76. The molecular formula is C19H20Cl2N2O. The Morgan fingerprint density at radius 2 is 1.92 bits per heavy atom. The number of fused-ring (bicyclic) bond motifs is 1. The Morgan fingerprint density at radius 3 is 2.67 bits per heavy atom. The molecule has 1 aromatic heterocycles. The largest absolute Gasteiger partial charge is 0.497 e. The number of nitrogens with two attached hydrogens (primary N) is 1. The first-order valence-corrected chi connectivity index (χ1v) is 8.73. The summed E-state index contributed by atoms with van der Waals surface area (Å²) in [6.07, 6.45) is 2.92. The minimum atomic E-state index is 0.665. The molecule has 0 aliphatic rings. The van der Waals surface area contributed by atoms with Gasteiger partial charge in [0.05, 0.1) is 12.8 Å². The van der Waals surface area contributed by atoms with Gasteiger partial charge in [0.1, 0.15) is 5.75 Å². The summed E-state index contributed by atoms with van der Waals surface area (Å²) in [6, 6.07) is 11.6. The van der Waals surface area contributed by atoms with Crippen molar-refractivity contribution < 1.29 is 4.74 Å². The van der Waals surface area contributed by atoms with E-state index in [0.717, 1.165) is 47.2 Å². The van der Waals surface area contributed by atoms with E-state index in [4.69, 9.17) is 33.7 Å². The van der Waals surface area contributed by atoms with Gasteiger partial charge in [-0.05, 0) is 67.8 Å². The van der Waals surface area contributed by atoms with Gasteiger partial charge in [-0.3, -0.25) is 0 Å². The number of aryl methyl sites for hydroxylation is 1. The molecule has 0 fully saturated rings. The van der Waals surface area contributed by atoms with Gasteiger partial charge in [0.25, 0.3) is 0 Å². The number of aromatic nitrogens is 1. The number of H-pyrrole nitrogens is 1. The highest BCUT2D eigenvalue weighted by atomic mass is 35.5. The zero-order chi connectivity index (χ0) is 17.1. The predicted molar refractivity (Wildman–Crippen MR) is 102 cm³/mol. The van der Waals surface area contributed by atoms with E-state index in [9.17, 15) is 0 Å². The van der Waals surface area contributed by atoms with Crippen molar-refractivity contribution in [2.45, 2.75) is 19.3 Å². The van der Waals surface area contributed by atoms with Crippen LogP contribution in [0.3, 0.4) is 0 Å². The molecule has 3 N–H and O–H groups in total. The number of aromatic amines is 1. The second-order valence-corrected chi connectivity index (χ2v) is 6.60. The third-order valence-electron chi connectivity index (χ3n) is 4.19. The standard InChI is InChI=1S/C19H20Cl2N2O/c1-24-13-6-8-18-15(11-13)14(4-2-3-9-22)19(23-18)16-10-12(20)5-7-17(16)21/h5-8,10-11,23H,2-4,9,22H2,1H3. The van der Waals surface area contributed by atoms with E-state index >= 15 is 0 Å². The van der Waals surface area contributed by atoms with E-state index in [1.54, 1.807) is 13.2 Å². The van der Waals surface area contributed by atoms with Crippen molar-refractivity contribution in [3.8, 4) is 17.0 Å². The van der Waals surface area contributed by atoms with Gasteiger partial charge in [-0.1, -0.05) is 23.2 Å². The fourth-order valence-electron chi connectivity index (χ4n) is 2.98. The first-order valence-electron chi connectivity index (χ1n) is 7.98. The van der Waals surface area contributed by atoms with Gasteiger partial charge in [0.15, 0.2) is 0 Å². The van der Waals surface area contributed by atoms with Gasteiger partial charge in [-0.25, -0.2) is 0 Å². The second-order valence-electron chi connectivity index (χ2n) is 5.76. The molecule has 1 heterocycles. The molecule has 0 radical (unpaired) electrons. The van der Waals surface area contributed by atoms with E-state index < -0.39 is 0 Å². The molecule has 0 unspecified atom stereocenters. The van der Waals surface area contributed by atoms with Crippen molar-refractivity contribution >= 4 is 34.1 Å². The van der Waals surface area contributed by atoms with Crippen LogP contribution in [-0.2, 0) is 6.42 Å². The summed E-state index contributed by atoms with van der Waals surface area (Å²) in [5, 5.41) is 2.49. The summed E-state index contributed by atoms with van der Waals surface area (Å²) in [5.74, 6) is 0.838. The number of hydrogen-bond donors (Lipinski definition) is 2. The molecule has 0 bridgehead atoms. The number of ether oxygens (including phenoxy) is 1. The van der Waals surface area contributed by atoms with Crippen molar-refractivity contribution in [3.63, 3.8) is 0 Å². The number of benzene rings is 2. The molecule has 0 saturated carbocycles. The summed E-state index contributed by atoms with van der Waals surface area (Å²) < 4.78 is 5.38. The Balaban J connectivity index is 2.18. The second kappa shape index (κ2) is 7.47. The van der Waals surface area contributed by atoms with Crippen molar-refractivity contribution in [1.29, 1.82) is 0 Å². The lowest BCUT2D eigenvalue weighted by Crippen LogP contribution is -1.99. The topological polar surface area (TPSA) is 51.0 Å². The quantitative estimate of drug-likeness (QED) is 0.574. The SMILES string of the molecule is COc1ccc2[nH]c(-c3cc(Cl)ccc3Cl)c(CCCCN)c2c1. The zero-order valence-corrected chi connectivity index (χ0v) is 15.0. The molecule has 3 nitrogen and oxygen atoms in total. The molecule has 24 heavy (non-hydrogen) atoms. The fraction of sp³-hybridized carbons (Fsp3) is 0.263. The lowest BCUT2D eigenvalue weighted by Gasteiger charge is -2.08. The van der Waals surface area contributed by atoms with E-state index in [-0.39, 0.29) is 0 Å². The number of nitrogens with one attached hydrogen (secondary N) is 1. The summed E-state index contributed by atoms with van der Waals surface area (Å²) in [7, 11) is 1.68. The van der Waals surface area contributed by atoms with Crippen LogP contribution in [0.2, 0.25) is 10.0 Å². The summed E-state index contributed by atoms with van der Waals surface area (Å²) in [6.45, 7) is 0.693. The highest BCUT2D eigenvalue weighted by molar-refractivity contribution is 6.35. The van der Waals surface area contributed by atoms with Crippen LogP contribution in [0.4, 0.5) is 0 Å². The molecule has 3 rings (SSSR count). The molecule has 0 amide bonds. The maximum Gasteiger partial charge on any atom is 0.119 e. The van der Waals surface area contributed by atoms with Gasteiger partial charge < -0.3 is 15.5 Å². The van der Waals surface area contributed by atoms with Crippen molar-refractivity contribution in [2.75, 3.05) is 13.7 Å². The Morgan fingerprint density at radius 1 is 1.08 bits per heavy atom. The highest BCUT2D eigenvalue weighted by Crippen LogP contribution is 2.37. The molecule has 0 atom stereocenters. The molecule has 5 heteroatoms. The summed E-state index contributed by atoms with van der Waals surface area (Å²) >= 11 is 12.6. The van der Waals surface area contributed by atoms with Gasteiger partial charge in [0.2, 0.25) is 0 Å². The third kappa shape index (κ3) is 3.39. The van der Waals surface area contributed by atoms with Gasteiger partial charge in [-0.2, -0.15) is 0 Å². The number of unbranched alkanes of at least 4 members (excludes halogenated alkanes) is 1. The Hall–Kier alpha value is -1.68. The highest BCUT2D eigenvalue weighted by Gasteiger charge is 2.16. The molecule has 0 aliphatic heterocycles. The summed E-state index contributed by atoms with van der Waals surface area (Å²) in [5.41, 5.74) is 9.87. The minimum absolute atomic E-state index is 0.665. The van der Waals surface area contributed by atoms with E-state index in [1.165, 1.54) is 5.56 Å². The number of halogens is 2. The first kappa shape index (κ1) is 17.2. The van der Waals surface area contributed by atoms with Crippen LogP contribution in [0.15, 0.2) is 36.4 Å². The van der Waals surface area contributed by atoms with Gasteiger partial charge >= 0.3 is 0 Å². The lowest BCUT2D eigenvalue weighted by atomic mass is 10.00. The van der Waals surface area contributed by atoms with E-state index in [2.05, 4.69) is 11.1 Å². The van der Waals surface area contributed by atoms with Crippen LogP contribution in [0.5, 0.6) is 5.75 Å². The zero-order valence-electron chi connectivity index (χ0n) is 13.5. The predicted octanol–water partition coefficient (Wildman–Crippen LogP) is 5.43. The molecule has 0 aliphatic carbocycles. The fourth-order valence-corrected chi connectivity index (χ4v) is 3.36. The minimum Gasteiger partial charge on any atom is -0.497 e. The lowest BCUT2D eigenvalue weighted by molar-refractivity contribution is 0.415. The van der Waals surface area contributed by atoms with Crippen LogP contribution in [-0.4, -0.2) is 18.6 Å². The van der Waals surface area contributed by atoms with Crippen LogP contribution in [0.25, 0.3) is 22.2 Å². The first-order chi connectivity index (χ1) is 11.6. The molecule has 3 aromatic rings. The molecule has 0 spiro atoms. The summed E-state index contributed by atoms with van der Waals surface area (Å²) in [4.78, 5) is 3.50.